The van der Waals surface area contributed by atoms with Crippen LogP contribution in [0.15, 0.2) is 54.7 Å². The van der Waals surface area contributed by atoms with Crippen LogP contribution in [0.25, 0.3) is 11.3 Å². The topological polar surface area (TPSA) is 103 Å². The number of methoxy groups -OCH3 is 1. The van der Waals surface area contributed by atoms with Crippen molar-refractivity contribution in [1.29, 1.82) is 5.41 Å². The fourth-order valence-corrected chi connectivity index (χ4v) is 2.79. The zero-order valence-corrected chi connectivity index (χ0v) is 14.9. The van der Waals surface area contributed by atoms with Crippen LogP contribution in [0.4, 0.5) is 5.69 Å². The molecule has 0 bridgehead atoms. The number of hydrogen-bond donors (Lipinski definition) is 1. The number of nitro benzene ring substituents is 1. The van der Waals surface area contributed by atoms with Gasteiger partial charge in [0.2, 0.25) is 5.62 Å². The smallest absolute Gasteiger partial charge is 0.270 e. The summed E-state index contributed by atoms with van der Waals surface area (Å²) in [6.07, 6.45) is 1.72. The second kappa shape index (κ2) is 7.28. The van der Waals surface area contributed by atoms with Crippen LogP contribution in [-0.4, -0.2) is 27.0 Å². The molecule has 1 aromatic heterocycles. The summed E-state index contributed by atoms with van der Waals surface area (Å²) in [7, 11) is 3.34. The van der Waals surface area contributed by atoms with Crippen molar-refractivity contribution in [2.75, 3.05) is 7.11 Å². The molecule has 1 heterocycles. The van der Waals surface area contributed by atoms with Gasteiger partial charge in [0.15, 0.2) is 5.78 Å². The van der Waals surface area contributed by atoms with Gasteiger partial charge in [-0.05, 0) is 29.8 Å². The molecule has 0 aliphatic heterocycles. The number of hydrogen-bond acceptors (Lipinski definition) is 5. The first kappa shape index (κ1) is 18.1. The maximum atomic E-state index is 12.5. The number of nitrogens with zero attached hydrogens (tertiary/aromatic N) is 3. The van der Waals surface area contributed by atoms with Crippen molar-refractivity contribution in [2.45, 2.75) is 6.54 Å². The Hall–Kier alpha value is -3.68. The third-order valence-corrected chi connectivity index (χ3v) is 4.31. The SMILES string of the molecule is COc1ccc(-c2cn(CC(=O)c3cccc([N+](=O)[O-])c3)c(=N)n2C)cc1. The van der Waals surface area contributed by atoms with Gasteiger partial charge < -0.3 is 13.9 Å². The Bertz CT molecular complexity index is 1060. The first-order valence-electron chi connectivity index (χ1n) is 8.13. The number of carbonyl (C=O) groups is 1. The normalized spacial score (nSPS) is 10.6. The maximum Gasteiger partial charge on any atom is 0.270 e. The second-order valence-corrected chi connectivity index (χ2v) is 5.98. The number of aromatic nitrogens is 2. The van der Waals surface area contributed by atoms with Crippen LogP contribution in [-0.2, 0) is 13.6 Å². The highest BCUT2D eigenvalue weighted by atomic mass is 16.6. The van der Waals surface area contributed by atoms with Crippen LogP contribution < -0.4 is 10.4 Å². The van der Waals surface area contributed by atoms with E-state index in [4.69, 9.17) is 10.1 Å². The van der Waals surface area contributed by atoms with Gasteiger partial charge in [-0.25, -0.2) is 0 Å². The number of Topliss-reactive ketones (excluding diaryl/α,β-unsaturated/α-hetero) is 1. The van der Waals surface area contributed by atoms with E-state index in [1.165, 1.54) is 28.8 Å². The second-order valence-electron chi connectivity index (χ2n) is 5.98. The van der Waals surface area contributed by atoms with E-state index in [0.717, 1.165) is 17.0 Å². The summed E-state index contributed by atoms with van der Waals surface area (Å²) < 4.78 is 8.33. The van der Waals surface area contributed by atoms with Crippen LogP contribution >= 0.6 is 0 Å². The van der Waals surface area contributed by atoms with Crippen LogP contribution in [0.1, 0.15) is 10.4 Å². The number of rotatable bonds is 6. The molecule has 0 radical (unpaired) electrons. The summed E-state index contributed by atoms with van der Waals surface area (Å²) in [5.74, 6) is 0.428. The largest absolute Gasteiger partial charge is 0.497 e. The van der Waals surface area contributed by atoms with Gasteiger partial charge in [0.05, 0.1) is 24.3 Å². The van der Waals surface area contributed by atoms with E-state index in [1.807, 2.05) is 24.3 Å². The monoisotopic (exact) mass is 366 g/mol. The van der Waals surface area contributed by atoms with Crippen LogP contribution in [0.2, 0.25) is 0 Å². The number of benzene rings is 2. The summed E-state index contributed by atoms with van der Waals surface area (Å²) in [5, 5.41) is 19.1. The zero-order valence-electron chi connectivity index (χ0n) is 14.9. The number of ether oxygens (including phenoxy) is 1. The molecule has 0 amide bonds. The van der Waals surface area contributed by atoms with Gasteiger partial charge in [-0.1, -0.05) is 12.1 Å². The third-order valence-electron chi connectivity index (χ3n) is 4.31. The molecule has 27 heavy (non-hydrogen) atoms. The predicted molar refractivity (Wildman–Crippen MR) is 98.7 cm³/mol. The molecule has 0 unspecified atom stereocenters. The van der Waals surface area contributed by atoms with Crippen molar-refractivity contribution < 1.29 is 14.5 Å². The fraction of sp³-hybridized carbons (Fsp3) is 0.158. The average molecular weight is 366 g/mol. The molecule has 3 rings (SSSR count). The molecular formula is C19H18N4O4. The highest BCUT2D eigenvalue weighted by Crippen LogP contribution is 2.21. The number of non-ortho nitro benzene ring substituents is 1. The van der Waals surface area contributed by atoms with Crippen molar-refractivity contribution in [3.8, 4) is 17.0 Å². The number of carbonyl (C=O) groups excluding carboxylic acids is 1. The molecule has 3 aromatic rings. The summed E-state index contributed by atoms with van der Waals surface area (Å²) in [6, 6.07) is 13.0. The highest BCUT2D eigenvalue weighted by molar-refractivity contribution is 5.96. The van der Waals surface area contributed by atoms with Crippen LogP contribution in [0.3, 0.4) is 0 Å². The molecule has 8 heteroatoms. The molecule has 2 aromatic carbocycles. The van der Waals surface area contributed by atoms with Gasteiger partial charge >= 0.3 is 0 Å². The lowest BCUT2D eigenvalue weighted by molar-refractivity contribution is -0.384. The molecule has 0 spiro atoms. The summed E-state index contributed by atoms with van der Waals surface area (Å²) >= 11 is 0. The summed E-state index contributed by atoms with van der Waals surface area (Å²) in [4.78, 5) is 22.9. The predicted octanol–water partition coefficient (Wildman–Crippen LogP) is 2.77. The van der Waals surface area contributed by atoms with Crippen molar-refractivity contribution in [2.24, 2.45) is 7.05 Å². The Morgan fingerprint density at radius 1 is 1.22 bits per heavy atom. The number of ketones is 1. The van der Waals surface area contributed by atoms with Gasteiger partial charge in [-0.3, -0.25) is 20.3 Å². The average Bonchev–Trinajstić information content (AvgIpc) is 2.96. The minimum atomic E-state index is -0.538. The lowest BCUT2D eigenvalue weighted by Crippen LogP contribution is -2.25. The maximum absolute atomic E-state index is 12.5. The summed E-state index contributed by atoms with van der Waals surface area (Å²) in [6.45, 7) is -0.0794. The third kappa shape index (κ3) is 3.64. The van der Waals surface area contributed by atoms with E-state index in [1.54, 1.807) is 24.9 Å². The van der Waals surface area contributed by atoms with Gasteiger partial charge in [0, 0.05) is 30.9 Å². The van der Waals surface area contributed by atoms with Gasteiger partial charge in [-0.2, -0.15) is 0 Å². The van der Waals surface area contributed by atoms with E-state index in [0.29, 0.717) is 0 Å². The molecule has 1 N–H and O–H groups in total. The van der Waals surface area contributed by atoms with Crippen molar-refractivity contribution in [3.63, 3.8) is 0 Å². The number of nitro groups is 1. The summed E-state index contributed by atoms with van der Waals surface area (Å²) in [5.41, 5.74) is 1.91. The zero-order chi connectivity index (χ0) is 19.6. The molecular weight excluding hydrogens is 348 g/mol. The Labute approximate surface area is 154 Å². The first-order valence-corrected chi connectivity index (χ1v) is 8.13. The standard InChI is InChI=1S/C19H18N4O4/c1-21-17(13-6-8-16(27-2)9-7-13)11-22(19(21)20)12-18(24)14-4-3-5-15(10-14)23(25)26/h3-11,20H,12H2,1-2H3. The van der Waals surface area contributed by atoms with Gasteiger partial charge in [0.1, 0.15) is 5.75 Å². The lowest BCUT2D eigenvalue weighted by Gasteiger charge is -2.03. The van der Waals surface area contributed by atoms with Gasteiger partial charge in [-0.15, -0.1) is 0 Å². The number of imidazole rings is 1. The van der Waals surface area contributed by atoms with Crippen LogP contribution in [0, 0.1) is 15.5 Å². The minimum Gasteiger partial charge on any atom is -0.497 e. The van der Waals surface area contributed by atoms with Crippen molar-refractivity contribution in [3.05, 3.63) is 76.0 Å². The van der Waals surface area contributed by atoms with Crippen molar-refractivity contribution >= 4 is 11.5 Å². The molecule has 0 aliphatic rings. The first-order chi connectivity index (χ1) is 12.9. The van der Waals surface area contributed by atoms with E-state index in [9.17, 15) is 14.9 Å². The molecule has 0 atom stereocenters. The Morgan fingerprint density at radius 3 is 2.56 bits per heavy atom. The molecule has 0 aliphatic carbocycles. The Kier molecular flexibility index (Phi) is 4.89. The van der Waals surface area contributed by atoms with Crippen molar-refractivity contribution in [1.82, 2.24) is 9.13 Å². The molecule has 138 valence electrons. The van der Waals surface area contributed by atoms with E-state index < -0.39 is 4.92 Å². The fourth-order valence-electron chi connectivity index (χ4n) is 2.79. The minimum absolute atomic E-state index is 0.0794. The molecule has 0 saturated carbocycles. The molecule has 8 nitrogen and oxygen atoms in total. The van der Waals surface area contributed by atoms with E-state index in [-0.39, 0.29) is 29.2 Å². The Morgan fingerprint density at radius 2 is 1.93 bits per heavy atom. The van der Waals surface area contributed by atoms with Gasteiger partial charge in [0.25, 0.3) is 5.69 Å². The van der Waals surface area contributed by atoms with E-state index in [2.05, 4.69) is 0 Å². The van der Waals surface area contributed by atoms with Crippen LogP contribution in [0.5, 0.6) is 5.75 Å². The molecule has 0 saturated heterocycles. The van der Waals surface area contributed by atoms with E-state index >= 15 is 0 Å². The number of nitrogens with one attached hydrogen (secondary N) is 1. The highest BCUT2D eigenvalue weighted by Gasteiger charge is 2.15. The quantitative estimate of drug-likeness (QED) is 0.411. The lowest BCUT2D eigenvalue weighted by atomic mass is 10.1. The molecule has 0 fully saturated rings. The Balaban J connectivity index is 1.89.